The second-order valence-electron chi connectivity index (χ2n) is 4.55. The van der Waals surface area contributed by atoms with Crippen LogP contribution in [-0.2, 0) is 15.1 Å². The van der Waals surface area contributed by atoms with Gasteiger partial charge in [-0.15, -0.1) is 0 Å². The van der Waals surface area contributed by atoms with Crippen LogP contribution in [0.5, 0.6) is 0 Å². The van der Waals surface area contributed by atoms with Crippen LogP contribution in [0.4, 0.5) is 0 Å². The average molecular weight is 361 g/mol. The van der Waals surface area contributed by atoms with Crippen molar-refractivity contribution in [3.63, 3.8) is 0 Å². The fourth-order valence-electron chi connectivity index (χ4n) is 2.56. The van der Waals surface area contributed by atoms with Gasteiger partial charge < -0.3 is 33.8 Å². The minimum atomic E-state index is -0.547. The topological polar surface area (TPSA) is 46.5 Å². The fourth-order valence-corrected chi connectivity index (χ4v) is 2.56. The lowest BCUT2D eigenvalue weighted by Gasteiger charge is -2.37. The van der Waals surface area contributed by atoms with Gasteiger partial charge in [0.2, 0.25) is 0 Å². The van der Waals surface area contributed by atoms with Gasteiger partial charge in [0, 0.05) is 0 Å². The van der Waals surface area contributed by atoms with E-state index in [0.717, 1.165) is 31.2 Å². The molecule has 0 atom stereocenters. The number of aliphatic hydroxyl groups is 1. The van der Waals surface area contributed by atoms with Crippen molar-refractivity contribution in [1.82, 2.24) is 0 Å². The number of hydrogen-bond donors (Lipinski definition) is 1. The van der Waals surface area contributed by atoms with E-state index in [-0.39, 0.29) is 24.0 Å². The van der Waals surface area contributed by atoms with Crippen molar-refractivity contribution in [2.24, 2.45) is 0 Å². The highest BCUT2D eigenvalue weighted by Crippen LogP contribution is 2.40. The Hall–Kier alpha value is -0.620. The molecule has 1 aromatic rings. The Kier molecular flexibility index (Phi) is 6.08. The number of benzene rings is 1. The number of carbonyl (C=O) groups is 1. The standard InChI is InChI=1S/C14H18O3.HI/c15-11-13(16)17-14(9-5-2-6-10-14)12-7-3-1-4-8-12;/h1,3-4,7-8,15H,2,5-6,9-11H2;1H/p-1. The van der Waals surface area contributed by atoms with E-state index in [0.29, 0.717) is 0 Å². The zero-order chi connectivity index (χ0) is 12.1. The third-order valence-electron chi connectivity index (χ3n) is 3.40. The highest BCUT2D eigenvalue weighted by molar-refractivity contribution is 5.71. The summed E-state index contributed by atoms with van der Waals surface area (Å²) in [6.45, 7) is -0.547. The number of hydrogen-bond acceptors (Lipinski definition) is 3. The van der Waals surface area contributed by atoms with Gasteiger partial charge in [-0.3, -0.25) is 0 Å². The molecule has 0 heterocycles. The summed E-state index contributed by atoms with van der Waals surface area (Å²) in [5.74, 6) is -0.532. The summed E-state index contributed by atoms with van der Waals surface area (Å²) in [6.07, 6.45) is 5.01. The second kappa shape index (κ2) is 7.09. The summed E-state index contributed by atoms with van der Waals surface area (Å²) >= 11 is 0. The van der Waals surface area contributed by atoms with E-state index in [2.05, 4.69) is 0 Å². The summed E-state index contributed by atoms with van der Waals surface area (Å²) in [5, 5.41) is 8.85. The Bertz CT molecular complexity index is 372. The molecule has 1 aliphatic rings. The smallest absolute Gasteiger partial charge is 0.332 e. The van der Waals surface area contributed by atoms with Crippen molar-refractivity contribution in [1.29, 1.82) is 0 Å². The molecule has 0 radical (unpaired) electrons. The molecule has 0 aliphatic heterocycles. The van der Waals surface area contributed by atoms with E-state index in [1.807, 2.05) is 30.3 Å². The number of halogens is 1. The van der Waals surface area contributed by atoms with Crippen molar-refractivity contribution in [3.8, 4) is 0 Å². The van der Waals surface area contributed by atoms with Crippen LogP contribution < -0.4 is 24.0 Å². The van der Waals surface area contributed by atoms with Gasteiger partial charge in [0.05, 0.1) is 0 Å². The van der Waals surface area contributed by atoms with Crippen LogP contribution in [0.15, 0.2) is 30.3 Å². The molecule has 0 saturated heterocycles. The monoisotopic (exact) mass is 361 g/mol. The van der Waals surface area contributed by atoms with Crippen molar-refractivity contribution in [3.05, 3.63) is 35.9 Å². The van der Waals surface area contributed by atoms with E-state index in [4.69, 9.17) is 9.84 Å². The Labute approximate surface area is 125 Å². The molecule has 100 valence electrons. The van der Waals surface area contributed by atoms with Crippen molar-refractivity contribution in [2.45, 2.75) is 37.7 Å². The first-order valence-electron chi connectivity index (χ1n) is 6.15. The Morgan fingerprint density at radius 2 is 1.78 bits per heavy atom. The molecule has 0 amide bonds. The Balaban J connectivity index is 0.00000162. The SMILES string of the molecule is O=C(CO)OC1(c2ccccc2)CCCCC1.[I-]. The number of ether oxygens (including phenoxy) is 1. The number of carbonyl (C=O) groups excluding carboxylic acids is 1. The molecule has 1 N–H and O–H groups in total. The quantitative estimate of drug-likeness (QED) is 0.577. The molecule has 1 saturated carbocycles. The van der Waals surface area contributed by atoms with Crippen LogP contribution in [0.2, 0.25) is 0 Å². The normalized spacial score (nSPS) is 17.6. The molecule has 1 fully saturated rings. The van der Waals surface area contributed by atoms with Crippen LogP contribution in [0, 0.1) is 0 Å². The molecule has 0 spiro atoms. The zero-order valence-corrected chi connectivity index (χ0v) is 12.4. The van der Waals surface area contributed by atoms with Gasteiger partial charge >= 0.3 is 5.97 Å². The first kappa shape index (κ1) is 15.4. The van der Waals surface area contributed by atoms with Crippen molar-refractivity contribution < 1.29 is 38.6 Å². The average Bonchev–Trinajstić information content (AvgIpc) is 2.40. The summed E-state index contributed by atoms with van der Waals surface area (Å²) in [5.41, 5.74) is 0.528. The summed E-state index contributed by atoms with van der Waals surface area (Å²) in [6, 6.07) is 9.86. The van der Waals surface area contributed by atoms with Crippen LogP contribution >= 0.6 is 0 Å². The third kappa shape index (κ3) is 3.45. The highest BCUT2D eigenvalue weighted by Gasteiger charge is 2.37. The van der Waals surface area contributed by atoms with Gasteiger partial charge in [0.1, 0.15) is 12.2 Å². The first-order chi connectivity index (χ1) is 8.27. The molecule has 4 heteroatoms. The molecule has 1 aliphatic carbocycles. The highest BCUT2D eigenvalue weighted by atomic mass is 127. The summed E-state index contributed by atoms with van der Waals surface area (Å²) in [4.78, 5) is 11.4. The van der Waals surface area contributed by atoms with Gasteiger partial charge in [0.25, 0.3) is 0 Å². The van der Waals surface area contributed by atoms with Crippen LogP contribution in [0.3, 0.4) is 0 Å². The molecule has 0 bridgehead atoms. The summed E-state index contributed by atoms with van der Waals surface area (Å²) < 4.78 is 5.53. The lowest BCUT2D eigenvalue weighted by atomic mass is 9.79. The van der Waals surface area contributed by atoms with Gasteiger partial charge in [-0.2, -0.15) is 0 Å². The molecular weight excluding hydrogens is 343 g/mol. The first-order valence-corrected chi connectivity index (χ1v) is 6.15. The minimum Gasteiger partial charge on any atom is -1.00 e. The van der Waals surface area contributed by atoms with E-state index in [1.165, 1.54) is 6.42 Å². The lowest BCUT2D eigenvalue weighted by molar-refractivity contribution is -0.168. The molecule has 1 aromatic carbocycles. The third-order valence-corrected chi connectivity index (χ3v) is 3.40. The minimum absolute atomic E-state index is 0. The van der Waals surface area contributed by atoms with E-state index >= 15 is 0 Å². The van der Waals surface area contributed by atoms with Crippen LogP contribution in [0.1, 0.15) is 37.7 Å². The Morgan fingerprint density at radius 3 is 2.33 bits per heavy atom. The van der Waals surface area contributed by atoms with E-state index in [9.17, 15) is 4.79 Å². The summed E-state index contributed by atoms with van der Waals surface area (Å²) in [7, 11) is 0. The van der Waals surface area contributed by atoms with E-state index in [1.54, 1.807) is 0 Å². The molecule has 2 rings (SSSR count). The Morgan fingerprint density at radius 1 is 1.17 bits per heavy atom. The van der Waals surface area contributed by atoms with Gasteiger partial charge in [-0.25, -0.2) is 4.79 Å². The predicted octanol–water partition coefficient (Wildman–Crippen LogP) is -0.614. The van der Waals surface area contributed by atoms with Crippen molar-refractivity contribution >= 4 is 5.97 Å². The van der Waals surface area contributed by atoms with Crippen LogP contribution in [0.25, 0.3) is 0 Å². The molecular formula is C14H18IO3-. The van der Waals surface area contributed by atoms with Gasteiger partial charge in [-0.1, -0.05) is 36.8 Å². The maximum Gasteiger partial charge on any atom is 0.332 e. The maximum atomic E-state index is 11.4. The number of aliphatic hydroxyl groups excluding tert-OH is 1. The van der Waals surface area contributed by atoms with Gasteiger partial charge in [-0.05, 0) is 31.2 Å². The lowest BCUT2D eigenvalue weighted by Crippen LogP contribution is -3.00. The molecule has 0 unspecified atom stereocenters. The van der Waals surface area contributed by atoms with E-state index < -0.39 is 18.2 Å². The fraction of sp³-hybridized carbons (Fsp3) is 0.500. The van der Waals surface area contributed by atoms with Gasteiger partial charge in [0.15, 0.2) is 0 Å². The second-order valence-corrected chi connectivity index (χ2v) is 4.55. The largest absolute Gasteiger partial charge is 1.00 e. The zero-order valence-electron chi connectivity index (χ0n) is 10.3. The predicted molar refractivity (Wildman–Crippen MR) is 64.4 cm³/mol. The van der Waals surface area contributed by atoms with Crippen molar-refractivity contribution in [2.75, 3.05) is 6.61 Å². The molecule has 0 aromatic heterocycles. The molecule has 3 nitrogen and oxygen atoms in total. The maximum absolute atomic E-state index is 11.4. The number of esters is 1. The number of rotatable bonds is 3. The molecule has 18 heavy (non-hydrogen) atoms. The van der Waals surface area contributed by atoms with Crippen LogP contribution in [-0.4, -0.2) is 17.7 Å².